The molecule has 1 aromatic rings. The van der Waals surface area contributed by atoms with E-state index in [0.717, 1.165) is 0 Å². The molecule has 0 unspecified atom stereocenters. The number of benzene rings is 1. The van der Waals surface area contributed by atoms with Crippen LogP contribution in [-0.2, 0) is 0 Å². The SMILES string of the molecule is O=C(NCCS)c1ccc(Cl)cc1Cl. The molecule has 0 aromatic heterocycles. The zero-order chi connectivity index (χ0) is 10.6. The maximum absolute atomic E-state index is 11.5. The van der Waals surface area contributed by atoms with Crippen LogP contribution >= 0.6 is 35.8 Å². The highest BCUT2D eigenvalue weighted by Crippen LogP contribution is 2.20. The summed E-state index contributed by atoms with van der Waals surface area (Å²) in [7, 11) is 0. The third kappa shape index (κ3) is 3.08. The Labute approximate surface area is 98.0 Å². The van der Waals surface area contributed by atoms with Gasteiger partial charge in [-0.25, -0.2) is 0 Å². The lowest BCUT2D eigenvalue weighted by molar-refractivity contribution is 0.0956. The average molecular weight is 250 g/mol. The molecule has 1 N–H and O–H groups in total. The van der Waals surface area contributed by atoms with E-state index in [1.54, 1.807) is 18.2 Å². The van der Waals surface area contributed by atoms with Crippen LogP contribution in [0.5, 0.6) is 0 Å². The first kappa shape index (κ1) is 11.7. The zero-order valence-corrected chi connectivity index (χ0v) is 9.66. The molecule has 0 atom stereocenters. The van der Waals surface area contributed by atoms with E-state index in [1.165, 1.54) is 0 Å². The molecule has 0 radical (unpaired) electrons. The molecule has 14 heavy (non-hydrogen) atoms. The first-order chi connectivity index (χ1) is 6.65. The van der Waals surface area contributed by atoms with Crippen LogP contribution in [0.3, 0.4) is 0 Å². The zero-order valence-electron chi connectivity index (χ0n) is 7.26. The van der Waals surface area contributed by atoms with Crippen molar-refractivity contribution >= 4 is 41.7 Å². The Balaban J connectivity index is 2.80. The fraction of sp³-hybridized carbons (Fsp3) is 0.222. The second-order valence-electron chi connectivity index (χ2n) is 2.60. The molecule has 2 nitrogen and oxygen atoms in total. The summed E-state index contributed by atoms with van der Waals surface area (Å²) in [6, 6.07) is 4.76. The summed E-state index contributed by atoms with van der Waals surface area (Å²) in [5.74, 6) is 0.387. The van der Waals surface area contributed by atoms with E-state index in [2.05, 4.69) is 17.9 Å². The molecule has 76 valence electrons. The lowest BCUT2D eigenvalue weighted by atomic mass is 10.2. The highest BCUT2D eigenvalue weighted by atomic mass is 35.5. The second kappa shape index (κ2) is 5.49. The van der Waals surface area contributed by atoms with Gasteiger partial charge in [-0.1, -0.05) is 23.2 Å². The topological polar surface area (TPSA) is 29.1 Å². The highest BCUT2D eigenvalue weighted by Gasteiger charge is 2.09. The molecule has 1 amide bonds. The van der Waals surface area contributed by atoms with Crippen LogP contribution in [0, 0.1) is 0 Å². The fourth-order valence-corrected chi connectivity index (χ4v) is 1.54. The van der Waals surface area contributed by atoms with Gasteiger partial charge in [0, 0.05) is 17.3 Å². The van der Waals surface area contributed by atoms with Crippen molar-refractivity contribution in [1.29, 1.82) is 0 Å². The number of halogens is 2. The number of amides is 1. The van der Waals surface area contributed by atoms with Gasteiger partial charge in [-0.05, 0) is 18.2 Å². The Hall–Kier alpha value is -0.380. The van der Waals surface area contributed by atoms with Crippen LogP contribution in [0.15, 0.2) is 18.2 Å². The molecule has 0 aliphatic heterocycles. The Morgan fingerprint density at radius 2 is 2.14 bits per heavy atom. The summed E-state index contributed by atoms with van der Waals surface area (Å²) in [5.41, 5.74) is 0.429. The minimum atomic E-state index is -0.208. The van der Waals surface area contributed by atoms with Gasteiger partial charge in [-0.3, -0.25) is 4.79 Å². The number of carbonyl (C=O) groups is 1. The predicted octanol–water partition coefficient (Wildman–Crippen LogP) is 2.65. The molecule has 0 saturated heterocycles. The van der Waals surface area contributed by atoms with Gasteiger partial charge >= 0.3 is 0 Å². The van der Waals surface area contributed by atoms with Crippen molar-refractivity contribution in [2.45, 2.75) is 0 Å². The van der Waals surface area contributed by atoms with E-state index in [9.17, 15) is 4.79 Å². The lowest BCUT2D eigenvalue weighted by Gasteiger charge is -2.05. The van der Waals surface area contributed by atoms with Gasteiger partial charge in [0.25, 0.3) is 5.91 Å². The van der Waals surface area contributed by atoms with Crippen molar-refractivity contribution in [1.82, 2.24) is 5.32 Å². The standard InChI is InChI=1S/C9H9Cl2NOS/c10-6-1-2-7(8(11)5-6)9(13)12-3-4-14/h1-2,5,14H,3-4H2,(H,12,13). The Bertz CT molecular complexity index is 344. The quantitative estimate of drug-likeness (QED) is 0.793. The molecule has 0 aliphatic carbocycles. The van der Waals surface area contributed by atoms with E-state index in [-0.39, 0.29) is 5.91 Å². The van der Waals surface area contributed by atoms with E-state index >= 15 is 0 Å². The molecule has 0 fully saturated rings. The summed E-state index contributed by atoms with van der Waals surface area (Å²) < 4.78 is 0. The van der Waals surface area contributed by atoms with Crippen molar-refractivity contribution in [3.8, 4) is 0 Å². The second-order valence-corrected chi connectivity index (χ2v) is 3.89. The maximum atomic E-state index is 11.5. The summed E-state index contributed by atoms with van der Waals surface area (Å²) >= 11 is 15.5. The smallest absolute Gasteiger partial charge is 0.252 e. The Kier molecular flexibility index (Phi) is 4.58. The molecule has 0 spiro atoms. The van der Waals surface area contributed by atoms with Crippen molar-refractivity contribution < 1.29 is 4.79 Å². The van der Waals surface area contributed by atoms with E-state index < -0.39 is 0 Å². The van der Waals surface area contributed by atoms with Crippen LogP contribution in [0.2, 0.25) is 10.0 Å². The van der Waals surface area contributed by atoms with Crippen LogP contribution in [-0.4, -0.2) is 18.2 Å². The van der Waals surface area contributed by atoms with Gasteiger partial charge < -0.3 is 5.32 Å². The monoisotopic (exact) mass is 249 g/mol. The van der Waals surface area contributed by atoms with Gasteiger partial charge in [0.1, 0.15) is 0 Å². The van der Waals surface area contributed by atoms with Crippen LogP contribution in [0.25, 0.3) is 0 Å². The summed E-state index contributed by atoms with van der Waals surface area (Å²) in [6.07, 6.45) is 0. The largest absolute Gasteiger partial charge is 0.351 e. The highest BCUT2D eigenvalue weighted by molar-refractivity contribution is 7.80. The predicted molar refractivity (Wildman–Crippen MR) is 62.6 cm³/mol. The fourth-order valence-electron chi connectivity index (χ4n) is 0.938. The van der Waals surface area contributed by atoms with Gasteiger partial charge in [0.15, 0.2) is 0 Å². The molecule has 1 aromatic carbocycles. The third-order valence-electron chi connectivity index (χ3n) is 1.57. The van der Waals surface area contributed by atoms with Gasteiger partial charge in [-0.15, -0.1) is 0 Å². The van der Waals surface area contributed by atoms with Gasteiger partial charge in [0.2, 0.25) is 0 Å². The van der Waals surface area contributed by atoms with E-state index in [4.69, 9.17) is 23.2 Å². The number of nitrogens with one attached hydrogen (secondary N) is 1. The molecule has 0 saturated carbocycles. The molecule has 0 bridgehead atoms. The first-order valence-corrected chi connectivity index (χ1v) is 5.38. The summed E-state index contributed by atoms with van der Waals surface area (Å²) in [6.45, 7) is 0.515. The number of carbonyl (C=O) groups excluding carboxylic acids is 1. The molecule has 5 heteroatoms. The lowest BCUT2D eigenvalue weighted by Crippen LogP contribution is -2.25. The molecule has 0 aliphatic rings. The summed E-state index contributed by atoms with van der Waals surface area (Å²) in [4.78, 5) is 11.5. The van der Waals surface area contributed by atoms with Gasteiger partial charge in [0.05, 0.1) is 10.6 Å². The average Bonchev–Trinajstić information content (AvgIpc) is 2.14. The maximum Gasteiger partial charge on any atom is 0.252 e. The molecular weight excluding hydrogens is 241 g/mol. The number of hydrogen-bond acceptors (Lipinski definition) is 2. The molecule has 0 heterocycles. The van der Waals surface area contributed by atoms with Crippen molar-refractivity contribution in [3.05, 3.63) is 33.8 Å². The van der Waals surface area contributed by atoms with Crippen molar-refractivity contribution in [3.63, 3.8) is 0 Å². The Morgan fingerprint density at radius 3 is 2.71 bits per heavy atom. The van der Waals surface area contributed by atoms with Crippen molar-refractivity contribution in [2.75, 3.05) is 12.3 Å². The van der Waals surface area contributed by atoms with E-state index in [0.29, 0.717) is 27.9 Å². The van der Waals surface area contributed by atoms with Crippen LogP contribution < -0.4 is 5.32 Å². The Morgan fingerprint density at radius 1 is 1.43 bits per heavy atom. The first-order valence-electron chi connectivity index (χ1n) is 3.99. The number of hydrogen-bond donors (Lipinski definition) is 2. The number of rotatable bonds is 3. The molecule has 1 rings (SSSR count). The van der Waals surface area contributed by atoms with Crippen molar-refractivity contribution in [2.24, 2.45) is 0 Å². The normalized spacial score (nSPS) is 9.93. The van der Waals surface area contributed by atoms with Crippen LogP contribution in [0.1, 0.15) is 10.4 Å². The number of thiol groups is 1. The third-order valence-corrected chi connectivity index (χ3v) is 2.34. The molecular formula is C9H9Cl2NOS. The van der Waals surface area contributed by atoms with Gasteiger partial charge in [-0.2, -0.15) is 12.6 Å². The minimum absolute atomic E-state index is 0.208. The minimum Gasteiger partial charge on any atom is -0.351 e. The van der Waals surface area contributed by atoms with E-state index in [1.807, 2.05) is 0 Å². The van der Waals surface area contributed by atoms with Crippen LogP contribution in [0.4, 0.5) is 0 Å². The summed E-state index contributed by atoms with van der Waals surface area (Å²) in [5, 5.41) is 3.54.